The molecule has 192 valence electrons. The zero-order chi connectivity index (χ0) is 25.8. The Morgan fingerprint density at radius 3 is 2.86 bits per heavy atom. The fourth-order valence-corrected chi connectivity index (χ4v) is 4.16. The van der Waals surface area contributed by atoms with Gasteiger partial charge in [-0.05, 0) is 54.8 Å². The van der Waals surface area contributed by atoms with E-state index >= 15 is 0 Å². The van der Waals surface area contributed by atoms with E-state index in [0.717, 1.165) is 41.6 Å². The van der Waals surface area contributed by atoms with Gasteiger partial charge in [0.25, 0.3) is 5.91 Å². The molecule has 0 saturated carbocycles. The summed E-state index contributed by atoms with van der Waals surface area (Å²) in [6.07, 6.45) is 1.88. The second kappa shape index (κ2) is 10.5. The Labute approximate surface area is 210 Å². The van der Waals surface area contributed by atoms with E-state index in [1.165, 1.54) is 12.3 Å². The molecule has 3 N–H and O–H groups in total. The monoisotopic (exact) mass is 511 g/mol. The molecule has 0 spiro atoms. The van der Waals surface area contributed by atoms with E-state index in [2.05, 4.69) is 25.6 Å². The number of nitrogens with zero attached hydrogens (tertiary/aromatic N) is 2. The van der Waals surface area contributed by atoms with Crippen LogP contribution in [-0.4, -0.2) is 40.2 Å². The van der Waals surface area contributed by atoms with Crippen molar-refractivity contribution < 1.29 is 27.4 Å². The maximum atomic E-state index is 13.5. The first-order valence-corrected chi connectivity index (χ1v) is 11.7. The van der Waals surface area contributed by atoms with Gasteiger partial charge in [0.2, 0.25) is 0 Å². The lowest BCUT2D eigenvalue weighted by atomic mass is 10.1. The molecule has 1 amide bonds. The predicted molar refractivity (Wildman–Crippen MR) is 132 cm³/mol. The number of hydrogen-bond donors (Lipinski definition) is 3. The lowest BCUT2D eigenvalue weighted by Crippen LogP contribution is -2.18. The van der Waals surface area contributed by atoms with E-state index in [-0.39, 0.29) is 29.7 Å². The number of ether oxygens (including phenoxy) is 2. The lowest BCUT2D eigenvalue weighted by Gasteiger charge is -2.16. The standard InChI is InChI=1S/C26H24F3N5O3/c27-26(28,29)17-11-18(13-20(12-17)37-15-19-3-2-10-36-19)34-25(35)22-4-1-7-30-24(22)33-14-16-5-8-31-23-21(16)6-9-32-23/h1,4-9,11-13,19H,2-3,10,14-15H2,(H,30,33)(H,31,32)(H,34,35)/t19-/m1/s1. The molecule has 1 fully saturated rings. The molecule has 0 radical (unpaired) electrons. The molecule has 0 unspecified atom stereocenters. The van der Waals surface area contributed by atoms with Crippen LogP contribution in [0.4, 0.5) is 24.7 Å². The molecule has 8 nitrogen and oxygen atoms in total. The number of carbonyl (C=O) groups is 1. The Bertz CT molecular complexity index is 1400. The summed E-state index contributed by atoms with van der Waals surface area (Å²) in [4.78, 5) is 24.7. The lowest BCUT2D eigenvalue weighted by molar-refractivity contribution is -0.137. The molecule has 37 heavy (non-hydrogen) atoms. The molecule has 5 rings (SSSR count). The number of pyridine rings is 2. The Hall–Kier alpha value is -4.12. The van der Waals surface area contributed by atoms with Crippen LogP contribution in [0.1, 0.15) is 34.3 Å². The molecule has 0 aliphatic carbocycles. The molecular weight excluding hydrogens is 487 g/mol. The van der Waals surface area contributed by atoms with Crippen molar-refractivity contribution in [3.05, 3.63) is 77.7 Å². The molecule has 4 heterocycles. The average molecular weight is 512 g/mol. The summed E-state index contributed by atoms with van der Waals surface area (Å²) in [7, 11) is 0. The summed E-state index contributed by atoms with van der Waals surface area (Å²) < 4.78 is 51.7. The molecule has 0 bridgehead atoms. The normalized spacial score (nSPS) is 15.6. The van der Waals surface area contributed by atoms with Crippen molar-refractivity contribution in [1.29, 1.82) is 0 Å². The van der Waals surface area contributed by atoms with Gasteiger partial charge in [0.15, 0.2) is 0 Å². The van der Waals surface area contributed by atoms with E-state index in [4.69, 9.17) is 9.47 Å². The van der Waals surface area contributed by atoms with E-state index in [1.54, 1.807) is 24.5 Å². The van der Waals surface area contributed by atoms with Gasteiger partial charge in [0.05, 0.1) is 17.2 Å². The Morgan fingerprint density at radius 2 is 2.05 bits per heavy atom. The predicted octanol–water partition coefficient (Wildman–Crippen LogP) is 5.40. The number of H-pyrrole nitrogens is 1. The van der Waals surface area contributed by atoms with Gasteiger partial charge in [0.1, 0.15) is 23.8 Å². The Morgan fingerprint density at radius 1 is 1.16 bits per heavy atom. The second-order valence-corrected chi connectivity index (χ2v) is 8.61. The van der Waals surface area contributed by atoms with Crippen LogP contribution in [-0.2, 0) is 17.5 Å². The number of amides is 1. The van der Waals surface area contributed by atoms with Crippen LogP contribution in [0.2, 0.25) is 0 Å². The first-order chi connectivity index (χ1) is 17.9. The number of carbonyl (C=O) groups excluding carboxylic acids is 1. The highest BCUT2D eigenvalue weighted by Gasteiger charge is 2.32. The quantitative estimate of drug-likeness (QED) is 0.293. The minimum atomic E-state index is -4.61. The number of fused-ring (bicyclic) bond motifs is 1. The number of hydrogen-bond acceptors (Lipinski definition) is 6. The molecule has 1 aliphatic heterocycles. The third kappa shape index (κ3) is 5.83. The van der Waals surface area contributed by atoms with Crippen molar-refractivity contribution in [3.8, 4) is 5.75 Å². The largest absolute Gasteiger partial charge is 0.491 e. The van der Waals surface area contributed by atoms with E-state index in [1.807, 2.05) is 12.1 Å². The zero-order valence-electron chi connectivity index (χ0n) is 19.6. The van der Waals surface area contributed by atoms with Gasteiger partial charge in [-0.25, -0.2) is 9.97 Å². The maximum Gasteiger partial charge on any atom is 0.416 e. The van der Waals surface area contributed by atoms with Gasteiger partial charge in [-0.15, -0.1) is 0 Å². The number of benzene rings is 1. The van der Waals surface area contributed by atoms with Crippen LogP contribution in [0.15, 0.2) is 61.1 Å². The van der Waals surface area contributed by atoms with Crippen molar-refractivity contribution >= 4 is 28.4 Å². The second-order valence-electron chi connectivity index (χ2n) is 8.61. The van der Waals surface area contributed by atoms with Crippen LogP contribution < -0.4 is 15.4 Å². The van der Waals surface area contributed by atoms with E-state index in [9.17, 15) is 18.0 Å². The summed E-state index contributed by atoms with van der Waals surface area (Å²) in [6.45, 7) is 1.10. The number of aromatic nitrogens is 3. The first kappa shape index (κ1) is 24.6. The summed E-state index contributed by atoms with van der Waals surface area (Å²) in [5.74, 6) is -0.317. The number of halogens is 3. The smallest absolute Gasteiger partial charge is 0.416 e. The molecule has 4 aromatic rings. The van der Waals surface area contributed by atoms with Gasteiger partial charge < -0.3 is 25.1 Å². The van der Waals surface area contributed by atoms with Gasteiger partial charge in [-0.1, -0.05) is 0 Å². The SMILES string of the molecule is O=C(Nc1cc(OC[C@H]2CCCO2)cc(C(F)(F)F)c1)c1cccnc1NCc1ccnc2[nH]ccc12. The van der Waals surface area contributed by atoms with Crippen molar-refractivity contribution in [2.75, 3.05) is 23.8 Å². The fraction of sp³-hybridized carbons (Fsp3) is 0.269. The number of rotatable bonds is 8. The van der Waals surface area contributed by atoms with Gasteiger partial charge >= 0.3 is 6.18 Å². The van der Waals surface area contributed by atoms with Crippen LogP contribution in [0, 0.1) is 0 Å². The Balaban J connectivity index is 1.34. The zero-order valence-corrected chi connectivity index (χ0v) is 19.6. The van der Waals surface area contributed by atoms with Crippen molar-refractivity contribution in [1.82, 2.24) is 15.0 Å². The highest BCUT2D eigenvalue weighted by molar-refractivity contribution is 6.07. The number of nitrogens with one attached hydrogen (secondary N) is 3. The van der Waals surface area contributed by atoms with Crippen LogP contribution >= 0.6 is 0 Å². The van der Waals surface area contributed by atoms with Crippen molar-refractivity contribution in [2.45, 2.75) is 31.7 Å². The highest BCUT2D eigenvalue weighted by Crippen LogP contribution is 2.34. The van der Waals surface area contributed by atoms with Gasteiger partial charge in [-0.2, -0.15) is 13.2 Å². The van der Waals surface area contributed by atoms with Gasteiger partial charge in [-0.3, -0.25) is 4.79 Å². The first-order valence-electron chi connectivity index (χ1n) is 11.7. The number of alkyl halides is 3. The summed E-state index contributed by atoms with van der Waals surface area (Å²) in [5.41, 5.74) is 0.890. The molecule has 11 heteroatoms. The molecular formula is C26H24F3N5O3. The summed E-state index contributed by atoms with van der Waals surface area (Å²) in [5, 5.41) is 6.63. The minimum Gasteiger partial charge on any atom is -0.491 e. The molecule has 3 aromatic heterocycles. The minimum absolute atomic E-state index is 0.00151. The Kier molecular flexibility index (Phi) is 6.95. The van der Waals surface area contributed by atoms with Crippen molar-refractivity contribution in [2.24, 2.45) is 0 Å². The maximum absolute atomic E-state index is 13.5. The highest BCUT2D eigenvalue weighted by atomic mass is 19.4. The molecule has 1 aromatic carbocycles. The van der Waals surface area contributed by atoms with E-state index < -0.39 is 17.6 Å². The molecule has 1 saturated heterocycles. The van der Waals surface area contributed by atoms with Crippen molar-refractivity contribution in [3.63, 3.8) is 0 Å². The topological polar surface area (TPSA) is 101 Å². The number of aromatic amines is 1. The average Bonchev–Trinajstić information content (AvgIpc) is 3.58. The van der Waals surface area contributed by atoms with Crippen LogP contribution in [0.3, 0.4) is 0 Å². The molecule has 1 aliphatic rings. The third-order valence-corrected chi connectivity index (χ3v) is 6.00. The number of anilines is 2. The van der Waals surface area contributed by atoms with E-state index in [0.29, 0.717) is 19.0 Å². The van der Waals surface area contributed by atoms with Crippen LogP contribution in [0.5, 0.6) is 5.75 Å². The van der Waals surface area contributed by atoms with Crippen LogP contribution in [0.25, 0.3) is 11.0 Å². The summed E-state index contributed by atoms with van der Waals surface area (Å²) in [6, 6.07) is 10.0. The molecule has 1 atom stereocenters. The fourth-order valence-electron chi connectivity index (χ4n) is 4.16. The summed E-state index contributed by atoms with van der Waals surface area (Å²) >= 11 is 0. The van der Waals surface area contributed by atoms with Gasteiger partial charge in [0, 0.05) is 48.9 Å². The third-order valence-electron chi connectivity index (χ3n) is 6.00.